The summed E-state index contributed by atoms with van der Waals surface area (Å²) in [7, 11) is 1.66. The van der Waals surface area contributed by atoms with Gasteiger partial charge in [0.25, 0.3) is 5.91 Å². The standard InChI is InChI=1S/C34H38N8O6/c1-40-20-35-17-29(40)34(48)41-12-11-36-31(45)26(13-21-7-3-2-4-8-21)39-32(46)28-15-23(43)18-42(28)33(47)27(38-30(44)19-41)14-22-16-37-25-10-6-5-9-24(22)25/h2-10,16-17,20,23,26-28,37,43H,11-15,18-19H2,1H3,(H,36,45)(H,38,44)(H,39,46)/t23-,26+,27-,28+/m1/s1. The molecule has 0 bridgehead atoms. The molecule has 2 saturated heterocycles. The molecule has 0 radical (unpaired) electrons. The van der Waals surface area contributed by atoms with Gasteiger partial charge in [-0.05, 0) is 17.2 Å². The Morgan fingerprint density at radius 2 is 1.73 bits per heavy atom. The molecular weight excluding hydrogens is 616 g/mol. The second kappa shape index (κ2) is 14.1. The number of aliphatic hydroxyl groups excluding tert-OH is 1. The van der Waals surface area contributed by atoms with Crippen LogP contribution in [0.15, 0.2) is 73.3 Å². The number of aliphatic hydroxyl groups is 1. The maximum atomic E-state index is 14.3. The van der Waals surface area contributed by atoms with Crippen LogP contribution in [0.1, 0.15) is 28.0 Å². The van der Waals surface area contributed by atoms with E-state index in [-0.39, 0.29) is 44.6 Å². The Morgan fingerprint density at radius 1 is 0.958 bits per heavy atom. The number of rotatable bonds is 5. The number of imidazole rings is 1. The Labute approximate surface area is 276 Å². The minimum Gasteiger partial charge on any atom is -0.391 e. The van der Waals surface area contributed by atoms with E-state index < -0.39 is 60.3 Å². The van der Waals surface area contributed by atoms with Crippen LogP contribution in [0, 0.1) is 0 Å². The summed E-state index contributed by atoms with van der Waals surface area (Å²) in [4.78, 5) is 78.6. The summed E-state index contributed by atoms with van der Waals surface area (Å²) in [5.41, 5.74) is 2.66. The Balaban J connectivity index is 1.35. The quantitative estimate of drug-likeness (QED) is 0.199. The van der Waals surface area contributed by atoms with Gasteiger partial charge in [-0.25, -0.2) is 4.98 Å². The van der Waals surface area contributed by atoms with Gasteiger partial charge in [-0.1, -0.05) is 48.5 Å². The van der Waals surface area contributed by atoms with Crippen molar-refractivity contribution in [3.05, 3.63) is 90.1 Å². The zero-order valence-corrected chi connectivity index (χ0v) is 26.5. The Morgan fingerprint density at radius 3 is 2.50 bits per heavy atom. The number of nitrogens with zero attached hydrogens (tertiary/aromatic N) is 4. The van der Waals surface area contributed by atoms with E-state index in [1.165, 1.54) is 26.9 Å². The third kappa shape index (κ3) is 7.08. The fourth-order valence-corrected chi connectivity index (χ4v) is 6.38. The van der Waals surface area contributed by atoms with Crippen LogP contribution in [0.2, 0.25) is 0 Å². The van der Waals surface area contributed by atoms with E-state index in [2.05, 4.69) is 25.9 Å². The SMILES string of the molecule is Cn1cncc1C(=O)N1CCNC(=O)[C@H](Cc2ccccc2)NC(=O)[C@@H]2C[C@@H](O)CN2C(=O)[C@@H](Cc2c[nH]c3ccccc23)NC(=O)C1. The van der Waals surface area contributed by atoms with Crippen LogP contribution in [0.4, 0.5) is 0 Å². The van der Waals surface area contributed by atoms with Crippen molar-refractivity contribution in [3.8, 4) is 0 Å². The van der Waals surface area contributed by atoms with Gasteiger partial charge in [0, 0.05) is 63.0 Å². The van der Waals surface area contributed by atoms with Crippen LogP contribution in [-0.2, 0) is 39.1 Å². The lowest BCUT2D eigenvalue weighted by Gasteiger charge is -2.30. The van der Waals surface area contributed by atoms with Crippen molar-refractivity contribution in [1.29, 1.82) is 0 Å². The van der Waals surface area contributed by atoms with Crippen molar-refractivity contribution in [1.82, 2.24) is 40.3 Å². The molecule has 14 heteroatoms. The molecule has 0 aliphatic carbocycles. The molecule has 0 unspecified atom stereocenters. The molecule has 4 atom stereocenters. The molecule has 4 aromatic rings. The molecule has 250 valence electrons. The van der Waals surface area contributed by atoms with Crippen molar-refractivity contribution in [2.75, 3.05) is 26.2 Å². The summed E-state index contributed by atoms with van der Waals surface area (Å²) in [6.45, 7) is -0.577. The van der Waals surface area contributed by atoms with Crippen LogP contribution < -0.4 is 16.0 Å². The lowest BCUT2D eigenvalue weighted by Crippen LogP contribution is -2.57. The Bertz CT molecular complexity index is 1820. The number of aryl methyl sites for hydroxylation is 1. The second-order valence-corrected chi connectivity index (χ2v) is 12.2. The highest BCUT2D eigenvalue weighted by Gasteiger charge is 2.43. The number of nitrogens with one attached hydrogen (secondary N) is 4. The number of H-pyrrole nitrogens is 1. The summed E-state index contributed by atoms with van der Waals surface area (Å²) in [5.74, 6) is -2.73. The maximum Gasteiger partial charge on any atom is 0.272 e. The Hall–Kier alpha value is -5.50. The van der Waals surface area contributed by atoms with Gasteiger partial charge < -0.3 is 40.4 Å². The van der Waals surface area contributed by atoms with Gasteiger partial charge in [-0.15, -0.1) is 0 Å². The second-order valence-electron chi connectivity index (χ2n) is 12.2. The first kappa shape index (κ1) is 32.4. The number of carbonyl (C=O) groups is 5. The molecule has 4 heterocycles. The summed E-state index contributed by atoms with van der Waals surface area (Å²) >= 11 is 0. The molecule has 2 aliphatic rings. The average molecular weight is 655 g/mol. The van der Waals surface area contributed by atoms with E-state index in [0.29, 0.717) is 0 Å². The van der Waals surface area contributed by atoms with Gasteiger partial charge in [0.1, 0.15) is 23.8 Å². The maximum absolute atomic E-state index is 14.3. The van der Waals surface area contributed by atoms with E-state index in [1.54, 1.807) is 13.2 Å². The number of amides is 5. The first-order chi connectivity index (χ1) is 23.2. The summed E-state index contributed by atoms with van der Waals surface area (Å²) < 4.78 is 1.53. The highest BCUT2D eigenvalue weighted by molar-refractivity contribution is 5.98. The molecular formula is C34H38N8O6. The van der Waals surface area contributed by atoms with Crippen molar-refractivity contribution in [3.63, 3.8) is 0 Å². The molecule has 2 aromatic heterocycles. The number of hydrogen-bond acceptors (Lipinski definition) is 7. The van der Waals surface area contributed by atoms with Crippen LogP contribution in [0.5, 0.6) is 0 Å². The summed E-state index contributed by atoms with van der Waals surface area (Å²) in [5, 5.41) is 20.0. The third-order valence-electron chi connectivity index (χ3n) is 8.85. The molecule has 0 saturated carbocycles. The lowest BCUT2D eigenvalue weighted by atomic mass is 10.0. The van der Waals surface area contributed by atoms with Crippen LogP contribution in [-0.4, -0.2) is 109 Å². The minimum absolute atomic E-state index is 0.0111. The van der Waals surface area contributed by atoms with Crippen molar-refractivity contribution < 1.29 is 29.1 Å². The number of aromatic nitrogens is 3. The van der Waals surface area contributed by atoms with E-state index in [1.807, 2.05) is 54.6 Å². The number of fused-ring (bicyclic) bond motifs is 2. The third-order valence-corrected chi connectivity index (χ3v) is 8.85. The molecule has 2 aromatic carbocycles. The van der Waals surface area contributed by atoms with E-state index >= 15 is 0 Å². The molecule has 6 rings (SSSR count). The number of para-hydroxylation sites is 1. The van der Waals surface area contributed by atoms with Crippen molar-refractivity contribution in [2.24, 2.45) is 7.05 Å². The molecule has 5 amide bonds. The molecule has 48 heavy (non-hydrogen) atoms. The monoisotopic (exact) mass is 654 g/mol. The van der Waals surface area contributed by atoms with Gasteiger partial charge in [0.15, 0.2) is 0 Å². The zero-order valence-electron chi connectivity index (χ0n) is 26.5. The van der Waals surface area contributed by atoms with Gasteiger partial charge in [-0.3, -0.25) is 24.0 Å². The van der Waals surface area contributed by atoms with Gasteiger partial charge in [0.05, 0.1) is 25.2 Å². The average Bonchev–Trinajstić information content (AvgIpc) is 3.81. The number of hydrogen-bond donors (Lipinski definition) is 5. The smallest absolute Gasteiger partial charge is 0.272 e. The predicted molar refractivity (Wildman–Crippen MR) is 174 cm³/mol. The van der Waals surface area contributed by atoms with E-state index in [4.69, 9.17) is 0 Å². The van der Waals surface area contributed by atoms with Crippen LogP contribution >= 0.6 is 0 Å². The van der Waals surface area contributed by atoms with Crippen molar-refractivity contribution >= 4 is 40.4 Å². The first-order valence-electron chi connectivity index (χ1n) is 15.9. The topological polar surface area (TPSA) is 182 Å². The predicted octanol–water partition coefficient (Wildman–Crippen LogP) is -0.110. The zero-order chi connectivity index (χ0) is 33.8. The number of benzene rings is 2. The fraction of sp³-hybridized carbons (Fsp3) is 0.353. The van der Waals surface area contributed by atoms with Gasteiger partial charge >= 0.3 is 0 Å². The highest BCUT2D eigenvalue weighted by atomic mass is 16.3. The van der Waals surface area contributed by atoms with Crippen LogP contribution in [0.3, 0.4) is 0 Å². The fourth-order valence-electron chi connectivity index (χ4n) is 6.38. The molecule has 14 nitrogen and oxygen atoms in total. The van der Waals surface area contributed by atoms with Crippen LogP contribution in [0.25, 0.3) is 10.9 Å². The van der Waals surface area contributed by atoms with Gasteiger partial charge in [-0.2, -0.15) is 0 Å². The molecule has 2 fully saturated rings. The summed E-state index contributed by atoms with van der Waals surface area (Å²) in [6, 6.07) is 13.5. The van der Waals surface area contributed by atoms with E-state index in [0.717, 1.165) is 22.0 Å². The molecule has 5 N–H and O–H groups in total. The molecule has 0 spiro atoms. The van der Waals surface area contributed by atoms with Gasteiger partial charge in [0.2, 0.25) is 23.6 Å². The largest absolute Gasteiger partial charge is 0.391 e. The van der Waals surface area contributed by atoms with E-state index in [9.17, 15) is 29.1 Å². The minimum atomic E-state index is -1.13. The Kier molecular flexibility index (Phi) is 9.52. The summed E-state index contributed by atoms with van der Waals surface area (Å²) in [6.07, 6.45) is 3.87. The number of aromatic amines is 1. The van der Waals surface area contributed by atoms with Crippen molar-refractivity contribution in [2.45, 2.75) is 43.5 Å². The first-order valence-corrected chi connectivity index (χ1v) is 15.9. The highest BCUT2D eigenvalue weighted by Crippen LogP contribution is 2.24. The lowest BCUT2D eigenvalue weighted by molar-refractivity contribution is -0.142. The normalized spacial score (nSPS) is 22.8. The molecule has 2 aliphatic heterocycles. The number of carbonyl (C=O) groups excluding carboxylic acids is 5.